The van der Waals surface area contributed by atoms with Crippen molar-refractivity contribution in [1.82, 2.24) is 9.62 Å². The molecule has 0 aromatic heterocycles. The van der Waals surface area contributed by atoms with E-state index in [4.69, 9.17) is 14.2 Å². The van der Waals surface area contributed by atoms with Gasteiger partial charge in [0, 0.05) is 30.2 Å². The van der Waals surface area contributed by atoms with Crippen LogP contribution in [-0.4, -0.2) is 52.7 Å². The van der Waals surface area contributed by atoms with Crippen molar-refractivity contribution in [3.05, 3.63) is 46.4 Å². The first-order valence-electron chi connectivity index (χ1n) is 8.32. The van der Waals surface area contributed by atoms with Gasteiger partial charge in [-0.15, -0.1) is 0 Å². The van der Waals surface area contributed by atoms with E-state index in [9.17, 15) is 13.2 Å². The largest absolute Gasteiger partial charge is 0.492 e. The van der Waals surface area contributed by atoms with Gasteiger partial charge >= 0.3 is 0 Å². The van der Waals surface area contributed by atoms with Gasteiger partial charge in [-0.05, 0) is 46.3 Å². The van der Waals surface area contributed by atoms with Crippen LogP contribution in [0, 0.1) is 0 Å². The third-order valence-electron chi connectivity index (χ3n) is 3.95. The topological polar surface area (TPSA) is 94.2 Å². The molecule has 0 saturated carbocycles. The third kappa shape index (κ3) is 4.40. The van der Waals surface area contributed by atoms with Gasteiger partial charge in [0.2, 0.25) is 16.8 Å². The average molecular weight is 471 g/mol. The molecule has 8 nitrogen and oxygen atoms in total. The highest BCUT2D eigenvalue weighted by atomic mass is 79.9. The first-order valence-corrected chi connectivity index (χ1v) is 10.5. The van der Waals surface area contributed by atoms with Crippen LogP contribution in [0.25, 0.3) is 0 Å². The Kier molecular flexibility index (Phi) is 6.11. The van der Waals surface area contributed by atoms with Crippen molar-refractivity contribution in [1.29, 1.82) is 0 Å². The Labute approximate surface area is 171 Å². The molecule has 0 atom stereocenters. The first-order chi connectivity index (χ1) is 13.3. The van der Waals surface area contributed by atoms with Crippen molar-refractivity contribution >= 4 is 31.9 Å². The molecule has 0 saturated heterocycles. The quantitative estimate of drug-likeness (QED) is 0.623. The van der Waals surface area contributed by atoms with E-state index < -0.39 is 15.9 Å². The number of ether oxygens (including phenoxy) is 3. The molecule has 3 rings (SSSR count). The zero-order valence-corrected chi connectivity index (χ0v) is 17.7. The fourth-order valence-electron chi connectivity index (χ4n) is 2.44. The molecular formula is C18H19BrN2O6S. The number of halogens is 1. The van der Waals surface area contributed by atoms with Gasteiger partial charge in [0.25, 0.3) is 5.91 Å². The molecule has 0 unspecified atom stereocenters. The number of rotatable bonds is 7. The first kappa shape index (κ1) is 20.4. The zero-order valence-electron chi connectivity index (χ0n) is 15.3. The number of hydrogen-bond acceptors (Lipinski definition) is 6. The lowest BCUT2D eigenvalue weighted by Crippen LogP contribution is -2.28. The molecule has 2 aromatic carbocycles. The Morgan fingerprint density at radius 1 is 1.18 bits per heavy atom. The van der Waals surface area contributed by atoms with Crippen LogP contribution in [0.5, 0.6) is 17.2 Å². The summed E-state index contributed by atoms with van der Waals surface area (Å²) >= 11 is 3.22. The number of amides is 1. The summed E-state index contributed by atoms with van der Waals surface area (Å²) in [7, 11) is -0.805. The second-order valence-electron chi connectivity index (χ2n) is 6.05. The number of carbonyl (C=O) groups is 1. The summed E-state index contributed by atoms with van der Waals surface area (Å²) < 4.78 is 42.3. The summed E-state index contributed by atoms with van der Waals surface area (Å²) in [6.07, 6.45) is 0. The van der Waals surface area contributed by atoms with Crippen molar-refractivity contribution in [3.8, 4) is 17.2 Å². The van der Waals surface area contributed by atoms with Crippen molar-refractivity contribution in [2.45, 2.75) is 4.90 Å². The van der Waals surface area contributed by atoms with Crippen LogP contribution in [0.1, 0.15) is 10.4 Å². The molecule has 0 bridgehead atoms. The highest BCUT2D eigenvalue weighted by Crippen LogP contribution is 2.35. The summed E-state index contributed by atoms with van der Waals surface area (Å²) in [6.45, 7) is 0.678. The second-order valence-corrected chi connectivity index (χ2v) is 9.03. The van der Waals surface area contributed by atoms with E-state index in [-0.39, 0.29) is 30.4 Å². The van der Waals surface area contributed by atoms with Crippen LogP contribution in [0.3, 0.4) is 0 Å². The van der Waals surface area contributed by atoms with Gasteiger partial charge in [0.05, 0.1) is 11.4 Å². The van der Waals surface area contributed by atoms with E-state index in [0.29, 0.717) is 21.7 Å². The zero-order chi connectivity index (χ0) is 20.3. The molecule has 0 aliphatic carbocycles. The predicted molar refractivity (Wildman–Crippen MR) is 105 cm³/mol. The average Bonchev–Trinajstić information content (AvgIpc) is 3.13. The number of nitrogens with zero attached hydrogens (tertiary/aromatic N) is 1. The highest BCUT2D eigenvalue weighted by molar-refractivity contribution is 9.10. The van der Waals surface area contributed by atoms with Gasteiger partial charge in [0.15, 0.2) is 11.5 Å². The predicted octanol–water partition coefficient (Wildman–Crippen LogP) is 2.24. The maximum Gasteiger partial charge on any atom is 0.251 e. The molecule has 1 N–H and O–H groups in total. The summed E-state index contributed by atoms with van der Waals surface area (Å²) in [5.74, 6) is 1.49. The second kappa shape index (κ2) is 8.38. The Morgan fingerprint density at radius 3 is 2.68 bits per heavy atom. The van der Waals surface area contributed by atoms with Crippen molar-refractivity contribution in [2.24, 2.45) is 0 Å². The number of nitrogens with one attached hydrogen (secondary N) is 1. The molecule has 2 aromatic rings. The molecule has 1 amide bonds. The number of hydrogen-bond donors (Lipinski definition) is 1. The van der Waals surface area contributed by atoms with Crippen LogP contribution in [0.2, 0.25) is 0 Å². The van der Waals surface area contributed by atoms with Gasteiger partial charge in [-0.3, -0.25) is 4.79 Å². The molecule has 150 valence electrons. The number of fused-ring (bicyclic) bond motifs is 1. The minimum Gasteiger partial charge on any atom is -0.492 e. The standard InChI is InChI=1S/C18H19BrN2O6S/c1-21(2)28(23,24)17-9-12(3-5-14(17)19)18(22)20-7-8-25-13-4-6-15-16(10-13)27-11-26-15/h3-6,9-10H,7-8,11H2,1-2H3,(H,20,22). The lowest BCUT2D eigenvalue weighted by atomic mass is 10.2. The maximum absolute atomic E-state index is 12.4. The minimum atomic E-state index is -3.67. The summed E-state index contributed by atoms with van der Waals surface area (Å²) in [4.78, 5) is 12.4. The lowest BCUT2D eigenvalue weighted by Gasteiger charge is -2.14. The van der Waals surface area contributed by atoms with E-state index in [2.05, 4.69) is 21.2 Å². The number of sulfonamides is 1. The van der Waals surface area contributed by atoms with E-state index in [1.54, 1.807) is 24.3 Å². The van der Waals surface area contributed by atoms with Crippen LogP contribution in [0.4, 0.5) is 0 Å². The van der Waals surface area contributed by atoms with E-state index in [0.717, 1.165) is 4.31 Å². The van der Waals surface area contributed by atoms with Crippen LogP contribution < -0.4 is 19.5 Å². The maximum atomic E-state index is 12.4. The summed E-state index contributed by atoms with van der Waals surface area (Å²) in [6, 6.07) is 9.65. The summed E-state index contributed by atoms with van der Waals surface area (Å²) in [5, 5.41) is 2.71. The van der Waals surface area contributed by atoms with Crippen molar-refractivity contribution < 1.29 is 27.4 Å². The van der Waals surface area contributed by atoms with Crippen LogP contribution >= 0.6 is 15.9 Å². The Hall–Kier alpha value is -2.30. The van der Waals surface area contributed by atoms with Gasteiger partial charge < -0.3 is 19.5 Å². The fourth-order valence-corrected chi connectivity index (χ4v) is 4.29. The normalized spacial score (nSPS) is 12.9. The summed E-state index contributed by atoms with van der Waals surface area (Å²) in [5.41, 5.74) is 0.242. The van der Waals surface area contributed by atoms with E-state index in [1.165, 1.54) is 26.2 Å². The van der Waals surface area contributed by atoms with Crippen LogP contribution in [0.15, 0.2) is 45.8 Å². The molecule has 1 aliphatic heterocycles. The van der Waals surface area contributed by atoms with Gasteiger partial charge in [-0.25, -0.2) is 12.7 Å². The molecule has 1 aliphatic rings. The van der Waals surface area contributed by atoms with Crippen LogP contribution in [-0.2, 0) is 10.0 Å². The molecular weight excluding hydrogens is 452 g/mol. The Balaban J connectivity index is 1.58. The minimum absolute atomic E-state index is 0.0294. The van der Waals surface area contributed by atoms with E-state index >= 15 is 0 Å². The SMILES string of the molecule is CN(C)S(=O)(=O)c1cc(C(=O)NCCOc2ccc3c(c2)OCO3)ccc1Br. The Bertz CT molecular complexity index is 994. The van der Waals surface area contributed by atoms with E-state index in [1.807, 2.05) is 0 Å². The molecule has 28 heavy (non-hydrogen) atoms. The number of benzene rings is 2. The molecule has 0 radical (unpaired) electrons. The Morgan fingerprint density at radius 2 is 1.93 bits per heavy atom. The van der Waals surface area contributed by atoms with Crippen molar-refractivity contribution in [2.75, 3.05) is 34.0 Å². The van der Waals surface area contributed by atoms with Gasteiger partial charge in [-0.2, -0.15) is 0 Å². The monoisotopic (exact) mass is 470 g/mol. The molecule has 0 fully saturated rings. The molecule has 10 heteroatoms. The third-order valence-corrected chi connectivity index (χ3v) is 6.76. The highest BCUT2D eigenvalue weighted by Gasteiger charge is 2.22. The molecule has 1 heterocycles. The fraction of sp³-hybridized carbons (Fsp3) is 0.278. The van der Waals surface area contributed by atoms with Gasteiger partial charge in [-0.1, -0.05) is 0 Å². The van der Waals surface area contributed by atoms with Crippen molar-refractivity contribution in [3.63, 3.8) is 0 Å². The smallest absolute Gasteiger partial charge is 0.251 e. The molecule has 0 spiro atoms. The lowest BCUT2D eigenvalue weighted by molar-refractivity contribution is 0.0946. The number of carbonyl (C=O) groups excluding carboxylic acids is 1. The van der Waals surface area contributed by atoms with Gasteiger partial charge in [0.1, 0.15) is 12.4 Å².